The van der Waals surface area contributed by atoms with Crippen LogP contribution in [0.5, 0.6) is 0 Å². The van der Waals surface area contributed by atoms with Gasteiger partial charge in [0, 0.05) is 0 Å². The van der Waals surface area contributed by atoms with Gasteiger partial charge in [0.1, 0.15) is 0 Å². The van der Waals surface area contributed by atoms with E-state index in [1.165, 1.54) is 0 Å². The first-order chi connectivity index (χ1) is 1.73. The summed E-state index contributed by atoms with van der Waals surface area (Å²) in [4.78, 5) is 0. The van der Waals surface area contributed by atoms with E-state index in [2.05, 4.69) is 42.5 Å². The summed E-state index contributed by atoms with van der Waals surface area (Å²) < 4.78 is 0. The van der Waals surface area contributed by atoms with Gasteiger partial charge in [0.15, 0.2) is 0 Å². The van der Waals surface area contributed by atoms with Gasteiger partial charge in [-0.3, -0.25) is 0 Å². The molecule has 0 radical (unpaired) electrons. The van der Waals surface area contributed by atoms with Crippen molar-refractivity contribution < 1.29 is 13.8 Å². The third-order valence-corrected chi connectivity index (χ3v) is 0. The van der Waals surface area contributed by atoms with Gasteiger partial charge < -0.3 is 5.48 Å². The van der Waals surface area contributed by atoms with Gasteiger partial charge in [0.05, 0.1) is 0 Å². The molecule has 0 aromatic heterocycles. The van der Waals surface area contributed by atoms with Crippen molar-refractivity contribution in [1.82, 2.24) is 0 Å². The summed E-state index contributed by atoms with van der Waals surface area (Å²) in [5.41, 5.74) is 0. The van der Waals surface area contributed by atoms with Crippen LogP contribution in [0.4, 0.5) is 0 Å². The van der Waals surface area contributed by atoms with Crippen LogP contribution in [0.3, 0.4) is 0 Å². The molecule has 0 aromatic carbocycles. The van der Waals surface area contributed by atoms with E-state index in [1.54, 1.807) is 0 Å². The minimum absolute atomic E-state index is 0. The molecule has 0 aliphatic rings. The van der Waals surface area contributed by atoms with Gasteiger partial charge in [0.2, 0.25) is 0 Å². The summed E-state index contributed by atoms with van der Waals surface area (Å²) in [7, 11) is -0.167. The molecule has 0 amide bonds. The Hall–Kier alpha value is 1.91. The zero-order valence-corrected chi connectivity index (χ0v) is 7.77. The van der Waals surface area contributed by atoms with Gasteiger partial charge in [-0.1, -0.05) is 0 Å². The Bertz CT molecular complexity index is 11.6. The second kappa shape index (κ2) is 5.91. The molecule has 0 rings (SSSR count). The Morgan fingerprint density at radius 2 is 1.00 bits per heavy atom. The SMILES string of the molecule is O.[Br][Co]([Br])[Br]. The van der Waals surface area contributed by atoms with Crippen molar-refractivity contribution in [3.63, 3.8) is 0 Å². The van der Waals surface area contributed by atoms with E-state index in [-0.39, 0.29) is 13.8 Å². The molecule has 5 heavy (non-hydrogen) atoms. The van der Waals surface area contributed by atoms with Crippen LogP contribution in [0.15, 0.2) is 0 Å². The van der Waals surface area contributed by atoms with Crippen molar-refractivity contribution in [2.75, 3.05) is 0 Å². The van der Waals surface area contributed by atoms with Gasteiger partial charge in [0.25, 0.3) is 0 Å². The molecule has 0 unspecified atom stereocenters. The van der Waals surface area contributed by atoms with Gasteiger partial charge in [-0.05, 0) is 0 Å². The van der Waals surface area contributed by atoms with Gasteiger partial charge in [-0.2, -0.15) is 0 Å². The van der Waals surface area contributed by atoms with Crippen LogP contribution in [0.2, 0.25) is 0 Å². The maximum atomic E-state index is 3.17. The van der Waals surface area contributed by atoms with Gasteiger partial charge in [-0.25, -0.2) is 0 Å². The molecule has 1 nitrogen and oxygen atoms in total. The summed E-state index contributed by atoms with van der Waals surface area (Å²) in [5.74, 6) is 0. The predicted molar refractivity (Wildman–Crippen MR) is 30.4 cm³/mol. The van der Waals surface area contributed by atoms with E-state index in [0.29, 0.717) is 0 Å². The molecule has 0 spiro atoms. The van der Waals surface area contributed by atoms with Crippen LogP contribution >= 0.6 is 42.5 Å². The molecular weight excluding hydrogens is 315 g/mol. The van der Waals surface area contributed by atoms with E-state index < -0.39 is 0 Å². The number of halogens is 3. The van der Waals surface area contributed by atoms with Crippen LogP contribution < -0.4 is 0 Å². The second-order valence-corrected chi connectivity index (χ2v) is 15.9. The Morgan fingerprint density at radius 3 is 1.00 bits per heavy atom. The van der Waals surface area contributed by atoms with E-state index >= 15 is 0 Å². The van der Waals surface area contributed by atoms with Crippen LogP contribution in [-0.2, 0) is 8.29 Å². The van der Waals surface area contributed by atoms with Crippen molar-refractivity contribution in [3.05, 3.63) is 0 Å². The predicted octanol–water partition coefficient (Wildman–Crippen LogP) is 1.71. The minimum atomic E-state index is -0.167. The molecule has 0 heterocycles. The fourth-order valence-corrected chi connectivity index (χ4v) is 0. The normalized spacial score (nSPS) is 9.00. The molecular formula is H2Br3CoO. The van der Waals surface area contributed by atoms with Crippen molar-refractivity contribution in [1.29, 1.82) is 0 Å². The number of hydrogen-bond donors (Lipinski definition) is 0. The van der Waals surface area contributed by atoms with Crippen molar-refractivity contribution in [3.8, 4) is 0 Å². The third kappa shape index (κ3) is 24.8. The Morgan fingerprint density at radius 1 is 1.00 bits per heavy atom. The van der Waals surface area contributed by atoms with Crippen LogP contribution in [0, 0.1) is 0 Å². The fourth-order valence-electron chi connectivity index (χ4n) is 0. The summed E-state index contributed by atoms with van der Waals surface area (Å²) in [6.45, 7) is 0. The number of hydrogen-bond acceptors (Lipinski definition) is 0. The van der Waals surface area contributed by atoms with Gasteiger partial charge in [-0.15, -0.1) is 0 Å². The molecule has 0 fully saturated rings. The second-order valence-electron chi connectivity index (χ2n) is 0.143. The Balaban J connectivity index is 0. The van der Waals surface area contributed by atoms with Crippen molar-refractivity contribution in [2.45, 2.75) is 0 Å². The third-order valence-electron chi connectivity index (χ3n) is 0. The first kappa shape index (κ1) is 10.0. The zero-order chi connectivity index (χ0) is 3.58. The standard InChI is InChI=1S/3BrH.Co.H2O/h3*1H;;1H2/q;;;+3;/p-3. The molecule has 0 aliphatic carbocycles. The van der Waals surface area contributed by atoms with Crippen LogP contribution in [0.25, 0.3) is 0 Å². The average molecular weight is 317 g/mol. The fraction of sp³-hybridized carbons (Fsp3) is 0. The van der Waals surface area contributed by atoms with E-state index in [4.69, 9.17) is 0 Å². The van der Waals surface area contributed by atoms with Gasteiger partial charge >= 0.3 is 50.8 Å². The van der Waals surface area contributed by atoms with Crippen LogP contribution in [-0.4, -0.2) is 5.48 Å². The van der Waals surface area contributed by atoms with Crippen molar-refractivity contribution >= 4 is 42.5 Å². The van der Waals surface area contributed by atoms with E-state index in [0.717, 1.165) is 0 Å². The summed E-state index contributed by atoms with van der Waals surface area (Å²) in [5, 5.41) is 0. The Labute approximate surface area is 55.8 Å². The molecule has 0 atom stereocenters. The summed E-state index contributed by atoms with van der Waals surface area (Å²) in [6, 6.07) is 0. The quantitative estimate of drug-likeness (QED) is 0.652. The number of rotatable bonds is 0. The summed E-state index contributed by atoms with van der Waals surface area (Å²) >= 11 is 9.50. The Kier molecular flexibility index (Phi) is 11.8. The molecule has 0 aromatic rings. The molecule has 0 saturated carbocycles. The monoisotopic (exact) mass is 314 g/mol. The molecule has 2 N–H and O–H groups in total. The summed E-state index contributed by atoms with van der Waals surface area (Å²) in [6.07, 6.45) is 0. The molecule has 0 aliphatic heterocycles. The van der Waals surface area contributed by atoms with E-state index in [1.807, 2.05) is 0 Å². The van der Waals surface area contributed by atoms with Crippen LogP contribution in [0.1, 0.15) is 0 Å². The first-order valence-corrected chi connectivity index (χ1v) is 8.10. The molecule has 0 bridgehead atoms. The van der Waals surface area contributed by atoms with E-state index in [9.17, 15) is 0 Å². The molecule has 38 valence electrons. The topological polar surface area (TPSA) is 31.5 Å². The molecule has 0 saturated heterocycles. The van der Waals surface area contributed by atoms with Crippen molar-refractivity contribution in [2.24, 2.45) is 0 Å². The average Bonchev–Trinajstić information content (AvgIpc) is 0.811. The maximum absolute atomic E-state index is 3.17. The molecule has 5 heteroatoms. The zero-order valence-electron chi connectivity index (χ0n) is 1.97. The first-order valence-electron chi connectivity index (χ1n) is 0.378.